The topological polar surface area (TPSA) is 84.9 Å². The summed E-state index contributed by atoms with van der Waals surface area (Å²) in [6.07, 6.45) is 1.54. The molecule has 1 N–H and O–H groups in total. The number of halogens is 2. The number of thioether (sulfide) groups is 1. The Kier molecular flexibility index (Phi) is 8.07. The number of ether oxygens (including phenoxy) is 2. The van der Waals surface area contributed by atoms with Gasteiger partial charge in [-0.1, -0.05) is 52.3 Å². The number of rotatable bonds is 8. The minimum Gasteiger partial charge on any atom is -0.493 e. The van der Waals surface area contributed by atoms with Crippen LogP contribution in [0.25, 0.3) is 6.08 Å². The molecule has 0 spiro atoms. The van der Waals surface area contributed by atoms with Crippen molar-refractivity contribution in [2.45, 2.75) is 6.61 Å². The Morgan fingerprint density at radius 2 is 1.86 bits per heavy atom. The monoisotopic (exact) mass is 570 g/mol. The number of methoxy groups -OCH3 is 1. The van der Waals surface area contributed by atoms with Gasteiger partial charge in [0.1, 0.15) is 19.0 Å². The van der Waals surface area contributed by atoms with Gasteiger partial charge in [0.15, 0.2) is 11.5 Å². The van der Waals surface area contributed by atoms with Crippen molar-refractivity contribution in [1.82, 2.24) is 4.90 Å². The van der Waals surface area contributed by atoms with E-state index in [9.17, 15) is 18.8 Å². The summed E-state index contributed by atoms with van der Waals surface area (Å²) in [5.41, 5.74) is 1.82. The lowest BCUT2D eigenvalue weighted by molar-refractivity contribution is -0.127. The van der Waals surface area contributed by atoms with Crippen LogP contribution in [-0.4, -0.2) is 35.6 Å². The zero-order valence-electron chi connectivity index (χ0n) is 19.0. The van der Waals surface area contributed by atoms with Gasteiger partial charge in [-0.05, 0) is 59.3 Å². The van der Waals surface area contributed by atoms with Crippen LogP contribution in [0, 0.1) is 5.82 Å². The second-order valence-electron chi connectivity index (χ2n) is 7.63. The van der Waals surface area contributed by atoms with Crippen LogP contribution in [0.4, 0.5) is 14.9 Å². The molecule has 0 radical (unpaired) electrons. The molecule has 1 aliphatic rings. The molecule has 0 aliphatic carbocycles. The highest BCUT2D eigenvalue weighted by Gasteiger charge is 2.36. The lowest BCUT2D eigenvalue weighted by atomic mass is 10.1. The molecule has 1 aliphatic heterocycles. The Balaban J connectivity index is 1.47. The zero-order valence-corrected chi connectivity index (χ0v) is 21.4. The van der Waals surface area contributed by atoms with Crippen LogP contribution in [0.2, 0.25) is 0 Å². The van der Waals surface area contributed by atoms with Crippen LogP contribution in [0.5, 0.6) is 11.5 Å². The van der Waals surface area contributed by atoms with E-state index in [4.69, 9.17) is 9.47 Å². The molecular formula is C26H20BrFN2O5S. The number of anilines is 1. The summed E-state index contributed by atoms with van der Waals surface area (Å²) in [5.74, 6) is -0.775. The Morgan fingerprint density at radius 1 is 1.08 bits per heavy atom. The molecule has 0 atom stereocenters. The number of nitrogens with one attached hydrogen (secondary N) is 1. The van der Waals surface area contributed by atoms with Gasteiger partial charge in [0.25, 0.3) is 11.1 Å². The molecule has 184 valence electrons. The molecule has 0 aromatic heterocycles. The molecule has 0 bridgehead atoms. The third kappa shape index (κ3) is 6.13. The summed E-state index contributed by atoms with van der Waals surface area (Å²) in [4.78, 5) is 38.6. The summed E-state index contributed by atoms with van der Waals surface area (Å²) in [6.45, 7) is -0.144. The number of hydrogen-bond acceptors (Lipinski definition) is 6. The molecule has 3 aromatic carbocycles. The van der Waals surface area contributed by atoms with Crippen molar-refractivity contribution < 1.29 is 28.2 Å². The summed E-state index contributed by atoms with van der Waals surface area (Å²) in [6, 6.07) is 18.4. The number of amides is 3. The first kappa shape index (κ1) is 25.5. The van der Waals surface area contributed by atoms with Crippen LogP contribution in [-0.2, 0) is 16.2 Å². The van der Waals surface area contributed by atoms with Crippen molar-refractivity contribution in [1.29, 1.82) is 0 Å². The Labute approximate surface area is 219 Å². The molecule has 0 unspecified atom stereocenters. The average Bonchev–Trinajstić information content (AvgIpc) is 3.12. The molecule has 36 heavy (non-hydrogen) atoms. The number of imide groups is 1. The average molecular weight is 571 g/mol. The molecule has 7 nitrogen and oxygen atoms in total. The fraction of sp³-hybridized carbons (Fsp3) is 0.115. The highest BCUT2D eigenvalue weighted by Crippen LogP contribution is 2.38. The fourth-order valence-electron chi connectivity index (χ4n) is 3.36. The molecular weight excluding hydrogens is 551 g/mol. The fourth-order valence-corrected chi connectivity index (χ4v) is 4.62. The second-order valence-corrected chi connectivity index (χ2v) is 9.47. The van der Waals surface area contributed by atoms with Gasteiger partial charge in [0, 0.05) is 10.2 Å². The van der Waals surface area contributed by atoms with Gasteiger partial charge < -0.3 is 14.8 Å². The highest BCUT2D eigenvalue weighted by molar-refractivity contribution is 9.10. The van der Waals surface area contributed by atoms with Gasteiger partial charge in [-0.3, -0.25) is 19.3 Å². The number of carbonyl (C=O) groups is 3. The lowest BCUT2D eigenvalue weighted by Crippen LogP contribution is -2.36. The SMILES string of the molecule is COc1cc(/C=C2/SC(=O)N(CC(=O)Nc3cccc(F)c3)C2=O)c(Br)cc1OCc1ccccc1. The lowest BCUT2D eigenvalue weighted by Gasteiger charge is -2.13. The van der Waals surface area contributed by atoms with Gasteiger partial charge in [-0.25, -0.2) is 4.39 Å². The van der Waals surface area contributed by atoms with Gasteiger partial charge >= 0.3 is 0 Å². The van der Waals surface area contributed by atoms with E-state index in [1.807, 2.05) is 30.3 Å². The molecule has 1 saturated heterocycles. The van der Waals surface area contributed by atoms with Crippen molar-refractivity contribution in [2.75, 3.05) is 19.0 Å². The molecule has 3 amide bonds. The number of benzene rings is 3. The second kappa shape index (κ2) is 11.4. The van der Waals surface area contributed by atoms with Gasteiger partial charge in [-0.2, -0.15) is 0 Å². The van der Waals surface area contributed by atoms with E-state index in [2.05, 4.69) is 21.2 Å². The predicted octanol–water partition coefficient (Wildman–Crippen LogP) is 5.85. The Hall–Kier alpha value is -3.63. The number of nitrogens with zero attached hydrogens (tertiary/aromatic N) is 1. The number of hydrogen-bond donors (Lipinski definition) is 1. The summed E-state index contributed by atoms with van der Waals surface area (Å²) >= 11 is 4.21. The quantitative estimate of drug-likeness (QED) is 0.342. The van der Waals surface area contributed by atoms with Crippen LogP contribution in [0.3, 0.4) is 0 Å². The van der Waals surface area contributed by atoms with Gasteiger partial charge in [0.2, 0.25) is 5.91 Å². The Bertz CT molecular complexity index is 1350. The molecule has 1 heterocycles. The van der Waals surface area contributed by atoms with E-state index in [1.54, 1.807) is 18.2 Å². The van der Waals surface area contributed by atoms with E-state index in [1.165, 1.54) is 25.3 Å². The molecule has 1 fully saturated rings. The predicted molar refractivity (Wildman–Crippen MR) is 139 cm³/mol. The van der Waals surface area contributed by atoms with Gasteiger partial charge in [-0.15, -0.1) is 0 Å². The summed E-state index contributed by atoms with van der Waals surface area (Å²) in [7, 11) is 1.51. The van der Waals surface area contributed by atoms with Gasteiger partial charge in [0.05, 0.1) is 12.0 Å². The third-order valence-electron chi connectivity index (χ3n) is 5.09. The van der Waals surface area contributed by atoms with E-state index < -0.39 is 29.4 Å². The summed E-state index contributed by atoms with van der Waals surface area (Å²) < 4.78 is 25.3. The van der Waals surface area contributed by atoms with Crippen molar-refractivity contribution in [3.05, 3.63) is 93.1 Å². The molecule has 4 rings (SSSR count). The maximum absolute atomic E-state index is 13.3. The standard InChI is InChI=1S/C26H20BrFN2O5S/c1-34-21-10-17(20(27)13-22(21)35-15-16-6-3-2-4-7-16)11-23-25(32)30(26(33)36-23)14-24(31)29-19-9-5-8-18(28)12-19/h2-13H,14-15H2,1H3,(H,29,31)/b23-11+. The zero-order chi connectivity index (χ0) is 25.7. The van der Waals surface area contributed by atoms with Crippen LogP contribution in [0.1, 0.15) is 11.1 Å². The van der Waals surface area contributed by atoms with E-state index in [-0.39, 0.29) is 10.6 Å². The van der Waals surface area contributed by atoms with Crippen LogP contribution in [0.15, 0.2) is 76.1 Å². The maximum atomic E-state index is 13.3. The first-order valence-corrected chi connectivity index (χ1v) is 12.3. The molecule has 3 aromatic rings. The van der Waals surface area contributed by atoms with Crippen molar-refractivity contribution in [3.63, 3.8) is 0 Å². The van der Waals surface area contributed by atoms with Crippen LogP contribution >= 0.6 is 27.7 Å². The van der Waals surface area contributed by atoms with Crippen molar-refractivity contribution in [2.24, 2.45) is 0 Å². The summed E-state index contributed by atoms with van der Waals surface area (Å²) in [5, 5.41) is 1.90. The minimum absolute atomic E-state index is 0.152. The Morgan fingerprint density at radius 3 is 2.58 bits per heavy atom. The smallest absolute Gasteiger partial charge is 0.294 e. The van der Waals surface area contributed by atoms with E-state index in [0.29, 0.717) is 28.1 Å². The normalized spacial score (nSPS) is 14.3. The van der Waals surface area contributed by atoms with E-state index in [0.717, 1.165) is 28.3 Å². The molecule has 0 saturated carbocycles. The minimum atomic E-state index is -0.619. The third-order valence-corrected chi connectivity index (χ3v) is 6.68. The van der Waals surface area contributed by atoms with Crippen molar-refractivity contribution >= 4 is 56.5 Å². The van der Waals surface area contributed by atoms with Crippen molar-refractivity contribution in [3.8, 4) is 11.5 Å². The van der Waals surface area contributed by atoms with E-state index >= 15 is 0 Å². The first-order chi connectivity index (χ1) is 17.3. The number of carbonyl (C=O) groups excluding carboxylic acids is 3. The maximum Gasteiger partial charge on any atom is 0.294 e. The largest absolute Gasteiger partial charge is 0.493 e. The first-order valence-electron chi connectivity index (χ1n) is 10.7. The highest BCUT2D eigenvalue weighted by atomic mass is 79.9. The molecule has 10 heteroatoms. The van der Waals surface area contributed by atoms with Crippen LogP contribution < -0.4 is 14.8 Å².